The molecule has 76 valence electrons. The van der Waals surface area contributed by atoms with E-state index in [1.54, 1.807) is 0 Å². The predicted molar refractivity (Wildman–Crippen MR) is 41.1 cm³/mol. The van der Waals surface area contributed by atoms with Crippen molar-refractivity contribution in [3.8, 4) is 5.75 Å². The van der Waals surface area contributed by atoms with Crippen LogP contribution in [0.15, 0.2) is 6.07 Å². The van der Waals surface area contributed by atoms with Crippen LogP contribution in [0, 0.1) is 17.5 Å². The molecule has 1 saturated carbocycles. The number of aliphatic hydroxyl groups is 1. The largest absolute Gasteiger partial charge is 0.504 e. The van der Waals surface area contributed by atoms with E-state index in [-0.39, 0.29) is 5.56 Å². The number of phenolic OH excluding ortho intramolecular Hbond substituents is 1. The van der Waals surface area contributed by atoms with E-state index >= 15 is 0 Å². The molecule has 2 N–H and O–H groups in total. The molecule has 0 radical (unpaired) electrons. The molecule has 1 aliphatic carbocycles. The zero-order valence-corrected chi connectivity index (χ0v) is 7.02. The molecule has 0 heterocycles. The summed E-state index contributed by atoms with van der Waals surface area (Å²) in [4.78, 5) is 0. The van der Waals surface area contributed by atoms with Crippen molar-refractivity contribution in [2.75, 3.05) is 0 Å². The van der Waals surface area contributed by atoms with E-state index in [4.69, 9.17) is 5.11 Å². The number of halogens is 3. The van der Waals surface area contributed by atoms with Crippen LogP contribution in [0.4, 0.5) is 13.2 Å². The summed E-state index contributed by atoms with van der Waals surface area (Å²) in [5.74, 6) is -5.80. The Labute approximate surface area is 77.6 Å². The van der Waals surface area contributed by atoms with E-state index < -0.39 is 28.8 Å². The minimum Gasteiger partial charge on any atom is -0.504 e. The molecule has 5 heteroatoms. The summed E-state index contributed by atoms with van der Waals surface area (Å²) in [6.45, 7) is 0. The first-order valence-electron chi connectivity index (χ1n) is 4.05. The molecule has 0 unspecified atom stereocenters. The summed E-state index contributed by atoms with van der Waals surface area (Å²) in [6, 6.07) is 0.626. The second kappa shape index (κ2) is 2.63. The number of hydrogen-bond acceptors (Lipinski definition) is 2. The minimum absolute atomic E-state index is 0.283. The van der Waals surface area contributed by atoms with Crippen LogP contribution in [-0.2, 0) is 5.60 Å². The van der Waals surface area contributed by atoms with Gasteiger partial charge in [0.2, 0.25) is 5.82 Å². The maximum Gasteiger partial charge on any atom is 0.203 e. The molecule has 1 aliphatic rings. The van der Waals surface area contributed by atoms with E-state index in [9.17, 15) is 18.3 Å². The zero-order chi connectivity index (χ0) is 10.5. The average Bonchev–Trinajstić information content (AvgIpc) is 2.87. The lowest BCUT2D eigenvalue weighted by Gasteiger charge is -2.11. The van der Waals surface area contributed by atoms with Gasteiger partial charge in [-0.3, -0.25) is 0 Å². The third-order valence-electron chi connectivity index (χ3n) is 2.36. The van der Waals surface area contributed by atoms with Crippen molar-refractivity contribution in [1.29, 1.82) is 0 Å². The van der Waals surface area contributed by atoms with Crippen molar-refractivity contribution in [3.63, 3.8) is 0 Å². The molecular weight excluding hydrogens is 197 g/mol. The lowest BCUT2D eigenvalue weighted by Crippen LogP contribution is -2.08. The third kappa shape index (κ3) is 1.16. The Kier molecular flexibility index (Phi) is 1.75. The van der Waals surface area contributed by atoms with Gasteiger partial charge in [0.25, 0.3) is 0 Å². The Bertz CT molecular complexity index is 400. The van der Waals surface area contributed by atoms with Gasteiger partial charge in [-0.2, -0.15) is 4.39 Å². The summed E-state index contributed by atoms with van der Waals surface area (Å²) < 4.78 is 38.2. The topological polar surface area (TPSA) is 40.5 Å². The molecule has 0 aliphatic heterocycles. The molecule has 2 rings (SSSR count). The number of phenols is 1. The Morgan fingerprint density at radius 1 is 1.14 bits per heavy atom. The molecule has 1 aromatic carbocycles. The van der Waals surface area contributed by atoms with E-state index in [0.717, 1.165) is 0 Å². The molecule has 0 atom stereocenters. The Morgan fingerprint density at radius 2 is 1.71 bits per heavy atom. The van der Waals surface area contributed by atoms with Crippen LogP contribution in [-0.4, -0.2) is 10.2 Å². The molecule has 1 fully saturated rings. The van der Waals surface area contributed by atoms with Crippen LogP contribution in [0.25, 0.3) is 0 Å². The second-order valence-corrected chi connectivity index (χ2v) is 3.41. The first kappa shape index (κ1) is 9.33. The highest BCUT2D eigenvalue weighted by Gasteiger charge is 2.45. The van der Waals surface area contributed by atoms with Crippen molar-refractivity contribution in [1.82, 2.24) is 0 Å². The van der Waals surface area contributed by atoms with Crippen LogP contribution < -0.4 is 0 Å². The maximum absolute atomic E-state index is 12.8. The highest BCUT2D eigenvalue weighted by Crippen LogP contribution is 2.49. The van der Waals surface area contributed by atoms with Crippen LogP contribution in [0.2, 0.25) is 0 Å². The third-order valence-corrected chi connectivity index (χ3v) is 2.36. The molecule has 0 aromatic heterocycles. The standard InChI is InChI=1S/C9H7F3O2/c10-5-3-4(9(14)1-2-9)8(13)7(12)6(5)11/h3,13-14H,1-2H2. The molecule has 0 bridgehead atoms. The highest BCUT2D eigenvalue weighted by molar-refractivity contribution is 5.42. The second-order valence-electron chi connectivity index (χ2n) is 3.41. The fourth-order valence-electron chi connectivity index (χ4n) is 1.33. The summed E-state index contributed by atoms with van der Waals surface area (Å²) in [6.07, 6.45) is 0.621. The molecule has 14 heavy (non-hydrogen) atoms. The van der Waals surface area contributed by atoms with Gasteiger partial charge in [0.15, 0.2) is 17.4 Å². The quantitative estimate of drug-likeness (QED) is 0.684. The number of hydrogen-bond donors (Lipinski definition) is 2. The van der Waals surface area contributed by atoms with Crippen LogP contribution in [0.5, 0.6) is 5.75 Å². The molecule has 0 saturated heterocycles. The Morgan fingerprint density at radius 3 is 2.21 bits per heavy atom. The lowest BCUT2D eigenvalue weighted by atomic mass is 10.1. The zero-order valence-electron chi connectivity index (χ0n) is 7.02. The molecule has 1 aromatic rings. The van der Waals surface area contributed by atoms with Crippen molar-refractivity contribution >= 4 is 0 Å². The van der Waals surface area contributed by atoms with Gasteiger partial charge in [0, 0.05) is 5.56 Å². The predicted octanol–water partition coefficient (Wildman–Crippen LogP) is 1.79. The van der Waals surface area contributed by atoms with Gasteiger partial charge in [-0.15, -0.1) is 0 Å². The molecule has 2 nitrogen and oxygen atoms in total. The first-order valence-corrected chi connectivity index (χ1v) is 4.05. The Hall–Kier alpha value is -1.23. The normalized spacial score (nSPS) is 18.3. The number of benzene rings is 1. The van der Waals surface area contributed by atoms with E-state index in [1.165, 1.54) is 0 Å². The molecular formula is C9H7F3O2. The number of rotatable bonds is 1. The van der Waals surface area contributed by atoms with Gasteiger partial charge in [-0.1, -0.05) is 0 Å². The highest BCUT2D eigenvalue weighted by atomic mass is 19.2. The van der Waals surface area contributed by atoms with Gasteiger partial charge in [-0.25, -0.2) is 8.78 Å². The van der Waals surface area contributed by atoms with E-state index in [1.807, 2.05) is 0 Å². The van der Waals surface area contributed by atoms with E-state index in [0.29, 0.717) is 18.9 Å². The first-order chi connectivity index (χ1) is 6.46. The monoisotopic (exact) mass is 204 g/mol. The average molecular weight is 204 g/mol. The maximum atomic E-state index is 12.8. The summed E-state index contributed by atoms with van der Waals surface area (Å²) in [5.41, 5.74) is -1.67. The van der Waals surface area contributed by atoms with Crippen LogP contribution in [0.1, 0.15) is 18.4 Å². The van der Waals surface area contributed by atoms with Gasteiger partial charge < -0.3 is 10.2 Å². The summed E-state index contributed by atoms with van der Waals surface area (Å²) in [7, 11) is 0. The van der Waals surface area contributed by atoms with Crippen molar-refractivity contribution < 1.29 is 23.4 Å². The van der Waals surface area contributed by atoms with E-state index in [2.05, 4.69) is 0 Å². The van der Waals surface area contributed by atoms with Gasteiger partial charge in [0.05, 0.1) is 5.60 Å². The Balaban J connectivity index is 2.62. The molecule has 0 amide bonds. The summed E-state index contributed by atoms with van der Waals surface area (Å²) >= 11 is 0. The fourth-order valence-corrected chi connectivity index (χ4v) is 1.33. The van der Waals surface area contributed by atoms with Crippen LogP contribution >= 0.6 is 0 Å². The van der Waals surface area contributed by atoms with Gasteiger partial charge in [-0.05, 0) is 18.9 Å². The molecule has 0 spiro atoms. The fraction of sp³-hybridized carbons (Fsp3) is 0.333. The van der Waals surface area contributed by atoms with Crippen molar-refractivity contribution in [2.45, 2.75) is 18.4 Å². The van der Waals surface area contributed by atoms with Crippen LogP contribution in [0.3, 0.4) is 0 Å². The van der Waals surface area contributed by atoms with Gasteiger partial charge in [0.1, 0.15) is 0 Å². The SMILES string of the molecule is Oc1c(C2(O)CC2)cc(F)c(F)c1F. The smallest absolute Gasteiger partial charge is 0.203 e. The summed E-state index contributed by atoms with van der Waals surface area (Å²) in [5, 5.41) is 18.6. The minimum atomic E-state index is -1.73. The van der Waals surface area contributed by atoms with Gasteiger partial charge >= 0.3 is 0 Å². The number of aromatic hydroxyl groups is 1. The lowest BCUT2D eigenvalue weighted by molar-refractivity contribution is 0.145. The van der Waals surface area contributed by atoms with Crippen molar-refractivity contribution in [3.05, 3.63) is 29.1 Å². The van der Waals surface area contributed by atoms with Crippen molar-refractivity contribution in [2.24, 2.45) is 0 Å².